The second-order valence-corrected chi connectivity index (χ2v) is 11.2. The van der Waals surface area contributed by atoms with Crippen LogP contribution in [0.2, 0.25) is 0 Å². The van der Waals surface area contributed by atoms with E-state index in [1.54, 1.807) is 12.1 Å². The Bertz CT molecular complexity index is 1130. The van der Waals surface area contributed by atoms with Gasteiger partial charge in [-0.25, -0.2) is 14.1 Å². The maximum Gasteiger partial charge on any atom is 0.163 e. The summed E-state index contributed by atoms with van der Waals surface area (Å²) in [5, 5.41) is 4.98. The minimum Gasteiger partial charge on any atom is -0.327 e. The van der Waals surface area contributed by atoms with Crippen LogP contribution in [-0.4, -0.2) is 20.8 Å². The number of nitrogens with zero attached hydrogens (tertiary/aromatic N) is 3. The molecule has 4 aliphatic rings. The lowest BCUT2D eigenvalue weighted by Crippen LogP contribution is -2.60. The second kappa shape index (κ2) is 7.76. The van der Waals surface area contributed by atoms with Gasteiger partial charge in [-0.1, -0.05) is 38.1 Å². The monoisotopic (exact) mass is 444 g/mol. The maximum absolute atomic E-state index is 13.6. The molecule has 4 fully saturated rings. The summed E-state index contributed by atoms with van der Waals surface area (Å²) in [6.45, 7) is 4.39. The summed E-state index contributed by atoms with van der Waals surface area (Å²) in [6, 6.07) is 15.3. The Hall–Kier alpha value is -2.53. The van der Waals surface area contributed by atoms with E-state index in [1.807, 2.05) is 4.68 Å². The van der Waals surface area contributed by atoms with E-state index in [9.17, 15) is 4.39 Å². The van der Waals surface area contributed by atoms with Gasteiger partial charge in [0.05, 0.1) is 5.69 Å². The van der Waals surface area contributed by atoms with Crippen molar-refractivity contribution in [2.24, 2.45) is 28.9 Å². The van der Waals surface area contributed by atoms with Crippen molar-refractivity contribution >= 4 is 0 Å². The Kier molecular flexibility index (Phi) is 4.95. The van der Waals surface area contributed by atoms with Crippen LogP contribution in [-0.2, 0) is 6.42 Å². The van der Waals surface area contributed by atoms with Gasteiger partial charge in [0.1, 0.15) is 5.82 Å². The van der Waals surface area contributed by atoms with Crippen LogP contribution in [0.4, 0.5) is 4.39 Å². The van der Waals surface area contributed by atoms with Gasteiger partial charge in [-0.2, -0.15) is 5.10 Å². The van der Waals surface area contributed by atoms with Gasteiger partial charge in [0.25, 0.3) is 0 Å². The van der Waals surface area contributed by atoms with Crippen molar-refractivity contribution in [1.82, 2.24) is 14.8 Å². The molecule has 7 rings (SSSR count). The minimum atomic E-state index is -0.249. The lowest BCUT2D eigenvalue weighted by Gasteiger charge is -2.60. The van der Waals surface area contributed by atoms with Crippen molar-refractivity contribution in [3.63, 3.8) is 0 Å². The van der Waals surface area contributed by atoms with Crippen LogP contribution >= 0.6 is 0 Å². The quantitative estimate of drug-likeness (QED) is 0.534. The molecule has 1 heterocycles. The van der Waals surface area contributed by atoms with Crippen LogP contribution in [0.15, 0.2) is 48.5 Å². The second-order valence-electron chi connectivity index (χ2n) is 11.2. The lowest BCUT2D eigenvalue weighted by atomic mass is 9.46. The lowest BCUT2D eigenvalue weighted by molar-refractivity contribution is -0.0724. The van der Waals surface area contributed by atoms with Crippen LogP contribution in [0.5, 0.6) is 0 Å². The first-order valence-electron chi connectivity index (χ1n) is 12.5. The predicted octanol–water partition coefficient (Wildman–Crippen LogP) is 5.89. The molecular weight excluding hydrogens is 411 g/mol. The van der Waals surface area contributed by atoms with Crippen molar-refractivity contribution in [1.29, 1.82) is 0 Å². The minimum absolute atomic E-state index is 0.127. The van der Waals surface area contributed by atoms with Crippen molar-refractivity contribution in [3.05, 3.63) is 65.7 Å². The molecule has 0 spiro atoms. The van der Waals surface area contributed by atoms with E-state index >= 15 is 0 Å². The van der Waals surface area contributed by atoms with Gasteiger partial charge in [-0.3, -0.25) is 0 Å². The van der Waals surface area contributed by atoms with Gasteiger partial charge in [0, 0.05) is 18.0 Å². The van der Waals surface area contributed by atoms with Crippen molar-refractivity contribution in [3.8, 4) is 17.1 Å². The predicted molar refractivity (Wildman–Crippen MR) is 129 cm³/mol. The molecule has 2 aromatic carbocycles. The van der Waals surface area contributed by atoms with E-state index in [1.165, 1.54) is 49.8 Å². The molecule has 172 valence electrons. The third kappa shape index (κ3) is 3.61. The third-order valence-electron chi connectivity index (χ3n) is 8.61. The first-order valence-corrected chi connectivity index (χ1v) is 12.5. The van der Waals surface area contributed by atoms with E-state index < -0.39 is 0 Å². The largest absolute Gasteiger partial charge is 0.327 e. The summed E-state index contributed by atoms with van der Waals surface area (Å²) in [4.78, 5) is 5.07. The summed E-state index contributed by atoms with van der Waals surface area (Å²) in [7, 11) is 0. The van der Waals surface area contributed by atoms with E-state index in [0.29, 0.717) is 11.8 Å². The Morgan fingerprint density at radius 2 is 1.67 bits per heavy atom. The van der Waals surface area contributed by atoms with Gasteiger partial charge in [-0.05, 0) is 91.0 Å². The van der Waals surface area contributed by atoms with E-state index in [0.717, 1.165) is 41.2 Å². The van der Waals surface area contributed by atoms with Gasteiger partial charge in [0.2, 0.25) is 0 Å². The van der Waals surface area contributed by atoms with Crippen LogP contribution in [0.3, 0.4) is 0 Å². The Labute approximate surface area is 195 Å². The number of benzene rings is 2. The molecule has 4 aliphatic carbocycles. The van der Waals surface area contributed by atoms with Crippen LogP contribution in [0.1, 0.15) is 63.3 Å². The first kappa shape index (κ1) is 21.0. The number of hydrogen-bond acceptors (Lipinski definition) is 3. The van der Waals surface area contributed by atoms with Crippen LogP contribution in [0.25, 0.3) is 17.1 Å². The molecule has 3 aromatic rings. The molecule has 1 aromatic heterocycles. The van der Waals surface area contributed by atoms with Crippen molar-refractivity contribution in [2.45, 2.75) is 64.3 Å². The van der Waals surface area contributed by atoms with Crippen molar-refractivity contribution < 1.29 is 4.39 Å². The van der Waals surface area contributed by atoms with Gasteiger partial charge in [-0.15, -0.1) is 0 Å². The summed E-state index contributed by atoms with van der Waals surface area (Å²) in [6.07, 6.45) is 7.27. The topological polar surface area (TPSA) is 56.7 Å². The van der Waals surface area contributed by atoms with Gasteiger partial charge >= 0.3 is 0 Å². The zero-order valence-electron chi connectivity index (χ0n) is 19.5. The number of aromatic nitrogens is 3. The number of halogens is 1. The highest BCUT2D eigenvalue weighted by Gasteiger charge is 2.56. The molecule has 4 saturated carbocycles. The highest BCUT2D eigenvalue weighted by Crippen LogP contribution is 2.60. The third-order valence-corrected chi connectivity index (χ3v) is 8.61. The fourth-order valence-corrected chi connectivity index (χ4v) is 7.22. The van der Waals surface area contributed by atoms with Gasteiger partial charge in [0.15, 0.2) is 11.6 Å². The summed E-state index contributed by atoms with van der Waals surface area (Å²) in [5.74, 6) is 4.21. The molecule has 33 heavy (non-hydrogen) atoms. The molecule has 4 bridgehead atoms. The average molecular weight is 445 g/mol. The normalized spacial score (nSPS) is 30.3. The molecule has 0 aliphatic heterocycles. The Morgan fingerprint density at radius 3 is 2.30 bits per heavy atom. The number of hydrogen-bond donors (Lipinski definition) is 1. The van der Waals surface area contributed by atoms with E-state index in [4.69, 9.17) is 15.8 Å². The molecule has 4 nitrogen and oxygen atoms in total. The first-order chi connectivity index (χ1) is 15.9. The Balaban J connectivity index is 1.39. The average Bonchev–Trinajstić information content (AvgIpc) is 3.21. The number of rotatable bonds is 5. The smallest absolute Gasteiger partial charge is 0.163 e. The fraction of sp³-hybridized carbons (Fsp3) is 0.500. The van der Waals surface area contributed by atoms with E-state index in [2.05, 4.69) is 38.1 Å². The van der Waals surface area contributed by atoms with Crippen LogP contribution < -0.4 is 5.73 Å². The molecule has 0 saturated heterocycles. The summed E-state index contributed by atoms with van der Waals surface area (Å²) >= 11 is 0. The molecule has 0 radical (unpaired) electrons. The highest BCUT2D eigenvalue weighted by molar-refractivity contribution is 5.58. The molecular formula is C28H33FN4. The number of nitrogens with two attached hydrogens (primary N) is 1. The molecule has 0 amide bonds. The molecule has 3 atom stereocenters. The molecule has 2 N–H and O–H groups in total. The van der Waals surface area contributed by atoms with Gasteiger partial charge < -0.3 is 5.73 Å². The van der Waals surface area contributed by atoms with E-state index in [-0.39, 0.29) is 17.3 Å². The standard InChI is InChI=1S/C28H33FN4/c1-17(2)20-3-5-21(6-4-20)27-31-25(32-33(27)24-9-7-23(29)8-10-24)16-28-14-18-11-19(15-28)13-22(12-18)26(28)30/h3-10,17-19,22,26H,11-16,30H2,1-2H3. The summed E-state index contributed by atoms with van der Waals surface area (Å²) in [5.41, 5.74) is 10.2. The molecule has 3 unspecified atom stereocenters. The zero-order chi connectivity index (χ0) is 22.7. The maximum atomic E-state index is 13.6. The fourth-order valence-electron chi connectivity index (χ4n) is 7.22. The summed E-state index contributed by atoms with van der Waals surface area (Å²) < 4.78 is 15.5. The van der Waals surface area contributed by atoms with Crippen molar-refractivity contribution in [2.75, 3.05) is 0 Å². The Morgan fingerprint density at radius 1 is 1.00 bits per heavy atom. The zero-order valence-corrected chi connectivity index (χ0v) is 19.5. The van der Waals surface area contributed by atoms with Crippen LogP contribution in [0, 0.1) is 29.0 Å². The molecule has 5 heteroatoms. The highest BCUT2D eigenvalue weighted by atomic mass is 19.1. The SMILES string of the molecule is CC(C)c1ccc(-c2nc(CC34CC5CC(CC(C5)C3N)C4)nn2-c2ccc(F)cc2)cc1.